The van der Waals surface area contributed by atoms with Crippen molar-refractivity contribution in [2.24, 2.45) is 0 Å². The van der Waals surface area contributed by atoms with Crippen LogP contribution in [0.1, 0.15) is 16.5 Å². The number of benzene rings is 1. The molecule has 0 heterocycles. The van der Waals surface area contributed by atoms with Crippen LogP contribution in [0, 0.1) is 6.92 Å². The smallest absolute Gasteiger partial charge is 0.324 e. The van der Waals surface area contributed by atoms with E-state index in [1.54, 1.807) is 13.0 Å². The molecule has 1 aromatic carbocycles. The summed E-state index contributed by atoms with van der Waals surface area (Å²) < 4.78 is 22.2. The molecule has 0 aliphatic heterocycles. The standard InChI is InChI=1S/C8H12O6P2/c1-6-3-2-4-7(5-6)8(15(9,10)11)16(12,13)14/h2-5,8H,1H3,(H2,9,10,11)(H2,12,13,14). The number of rotatable bonds is 3. The highest BCUT2D eigenvalue weighted by atomic mass is 31.2. The second-order valence-electron chi connectivity index (χ2n) is 3.47. The molecular formula is C8H12O6P2. The molecule has 0 aromatic heterocycles. The minimum absolute atomic E-state index is 0.0540. The highest BCUT2D eigenvalue weighted by Crippen LogP contribution is 2.69. The molecule has 0 unspecified atom stereocenters. The third-order valence-corrected chi connectivity index (χ3v) is 5.65. The van der Waals surface area contributed by atoms with Crippen molar-refractivity contribution in [2.75, 3.05) is 0 Å². The second kappa shape index (κ2) is 4.41. The van der Waals surface area contributed by atoms with Crippen molar-refractivity contribution >= 4 is 15.2 Å². The van der Waals surface area contributed by atoms with E-state index >= 15 is 0 Å². The lowest BCUT2D eigenvalue weighted by Crippen LogP contribution is -2.01. The molecule has 0 bridgehead atoms. The van der Waals surface area contributed by atoms with Gasteiger partial charge in [0.15, 0.2) is 5.40 Å². The predicted octanol–water partition coefficient (Wildman–Crippen LogP) is 1.35. The van der Waals surface area contributed by atoms with Crippen LogP contribution in [0.5, 0.6) is 0 Å². The van der Waals surface area contributed by atoms with Crippen molar-refractivity contribution in [3.8, 4) is 0 Å². The summed E-state index contributed by atoms with van der Waals surface area (Å²) in [7, 11) is -9.80. The van der Waals surface area contributed by atoms with Crippen molar-refractivity contribution < 1.29 is 28.7 Å². The Morgan fingerprint density at radius 2 is 1.56 bits per heavy atom. The Morgan fingerprint density at radius 3 is 1.94 bits per heavy atom. The lowest BCUT2D eigenvalue weighted by atomic mass is 10.2. The Morgan fingerprint density at radius 1 is 1.06 bits per heavy atom. The van der Waals surface area contributed by atoms with Crippen LogP contribution in [0.25, 0.3) is 0 Å². The van der Waals surface area contributed by atoms with Crippen molar-refractivity contribution in [2.45, 2.75) is 12.3 Å². The first-order valence-corrected chi connectivity index (χ1v) is 7.65. The molecule has 0 saturated carbocycles. The van der Waals surface area contributed by atoms with Crippen LogP contribution in [0.15, 0.2) is 24.3 Å². The van der Waals surface area contributed by atoms with Crippen LogP contribution < -0.4 is 0 Å². The van der Waals surface area contributed by atoms with E-state index in [1.165, 1.54) is 18.2 Å². The molecule has 0 amide bonds. The summed E-state index contributed by atoms with van der Waals surface area (Å²) in [4.78, 5) is 35.9. The normalized spacial score (nSPS) is 13.1. The van der Waals surface area contributed by atoms with Crippen molar-refractivity contribution in [1.82, 2.24) is 0 Å². The maximum absolute atomic E-state index is 11.1. The maximum Gasteiger partial charge on any atom is 0.345 e. The van der Waals surface area contributed by atoms with E-state index in [0.717, 1.165) is 0 Å². The average molecular weight is 266 g/mol. The van der Waals surface area contributed by atoms with Gasteiger partial charge in [-0.25, -0.2) is 0 Å². The SMILES string of the molecule is Cc1cccc(C(P(=O)(O)O)P(=O)(O)O)c1. The summed E-state index contributed by atoms with van der Waals surface area (Å²) in [5, 5.41) is -2.08. The maximum atomic E-state index is 11.1. The topological polar surface area (TPSA) is 115 Å². The van der Waals surface area contributed by atoms with E-state index in [2.05, 4.69) is 0 Å². The van der Waals surface area contributed by atoms with Gasteiger partial charge >= 0.3 is 15.2 Å². The summed E-state index contributed by atoms with van der Waals surface area (Å²) in [6, 6.07) is 5.79. The summed E-state index contributed by atoms with van der Waals surface area (Å²) in [6.07, 6.45) is 0. The van der Waals surface area contributed by atoms with E-state index in [9.17, 15) is 9.13 Å². The van der Waals surface area contributed by atoms with Gasteiger partial charge in [-0.1, -0.05) is 29.8 Å². The van der Waals surface area contributed by atoms with Gasteiger partial charge in [-0.2, -0.15) is 0 Å². The molecule has 0 atom stereocenters. The molecule has 0 fully saturated rings. The fourth-order valence-corrected chi connectivity index (χ4v) is 4.08. The fraction of sp³-hybridized carbons (Fsp3) is 0.250. The number of hydrogen-bond acceptors (Lipinski definition) is 2. The van der Waals surface area contributed by atoms with E-state index in [4.69, 9.17) is 19.6 Å². The molecule has 0 spiro atoms. The third-order valence-electron chi connectivity index (χ3n) is 1.98. The minimum Gasteiger partial charge on any atom is -0.324 e. The van der Waals surface area contributed by atoms with Gasteiger partial charge in [0.25, 0.3) is 0 Å². The quantitative estimate of drug-likeness (QED) is 0.614. The minimum atomic E-state index is -4.90. The molecule has 0 saturated heterocycles. The van der Waals surface area contributed by atoms with Crippen molar-refractivity contribution in [3.05, 3.63) is 35.4 Å². The Balaban J connectivity index is 3.34. The van der Waals surface area contributed by atoms with Gasteiger partial charge in [0.05, 0.1) is 0 Å². The molecule has 0 aliphatic carbocycles. The van der Waals surface area contributed by atoms with Crippen LogP contribution in [-0.2, 0) is 9.13 Å². The van der Waals surface area contributed by atoms with Crippen LogP contribution in [0.4, 0.5) is 0 Å². The van der Waals surface area contributed by atoms with Crippen LogP contribution in [0.3, 0.4) is 0 Å². The van der Waals surface area contributed by atoms with Crippen LogP contribution in [0.2, 0.25) is 0 Å². The molecule has 6 nitrogen and oxygen atoms in total. The highest BCUT2D eigenvalue weighted by Gasteiger charge is 2.44. The first-order valence-electron chi connectivity index (χ1n) is 4.29. The van der Waals surface area contributed by atoms with E-state index < -0.39 is 20.6 Å². The zero-order valence-electron chi connectivity index (χ0n) is 8.39. The molecule has 0 radical (unpaired) electrons. The van der Waals surface area contributed by atoms with Crippen molar-refractivity contribution in [1.29, 1.82) is 0 Å². The molecule has 1 aromatic rings. The summed E-state index contributed by atoms with van der Waals surface area (Å²) in [5.74, 6) is 0. The second-order valence-corrected chi connectivity index (χ2v) is 7.26. The Hall–Kier alpha value is -0.480. The van der Waals surface area contributed by atoms with Gasteiger partial charge in [-0.3, -0.25) is 9.13 Å². The average Bonchev–Trinajstić information content (AvgIpc) is 1.97. The molecule has 16 heavy (non-hydrogen) atoms. The van der Waals surface area contributed by atoms with Crippen molar-refractivity contribution in [3.63, 3.8) is 0 Å². The molecule has 4 N–H and O–H groups in total. The Bertz CT molecular complexity index is 451. The number of hydrogen-bond donors (Lipinski definition) is 4. The molecule has 0 aliphatic rings. The Labute approximate surface area is 92.3 Å². The van der Waals surface area contributed by atoms with Gasteiger partial charge in [-0.15, -0.1) is 0 Å². The lowest BCUT2D eigenvalue weighted by Gasteiger charge is -2.20. The Kier molecular flexibility index (Phi) is 3.75. The van der Waals surface area contributed by atoms with Gasteiger partial charge in [0.2, 0.25) is 0 Å². The van der Waals surface area contributed by atoms with E-state index in [1.807, 2.05) is 0 Å². The third kappa shape index (κ3) is 3.25. The summed E-state index contributed by atoms with van der Waals surface area (Å²) in [5.41, 5.74) is 0.617. The summed E-state index contributed by atoms with van der Waals surface area (Å²) in [6.45, 7) is 1.67. The predicted molar refractivity (Wildman–Crippen MR) is 58.0 cm³/mol. The number of aryl methyl sites for hydroxylation is 1. The summed E-state index contributed by atoms with van der Waals surface area (Å²) >= 11 is 0. The van der Waals surface area contributed by atoms with Gasteiger partial charge in [0.1, 0.15) is 0 Å². The van der Waals surface area contributed by atoms with Gasteiger partial charge in [0, 0.05) is 0 Å². The van der Waals surface area contributed by atoms with E-state index in [0.29, 0.717) is 5.56 Å². The first-order chi connectivity index (χ1) is 7.12. The fourth-order valence-electron chi connectivity index (χ4n) is 1.42. The molecular weight excluding hydrogens is 254 g/mol. The largest absolute Gasteiger partial charge is 0.345 e. The van der Waals surface area contributed by atoms with E-state index in [-0.39, 0.29) is 5.56 Å². The zero-order valence-corrected chi connectivity index (χ0v) is 10.2. The van der Waals surface area contributed by atoms with Crippen LogP contribution in [-0.4, -0.2) is 19.6 Å². The van der Waals surface area contributed by atoms with Crippen LogP contribution >= 0.6 is 15.2 Å². The van der Waals surface area contributed by atoms with Gasteiger partial charge in [-0.05, 0) is 12.5 Å². The monoisotopic (exact) mass is 266 g/mol. The highest BCUT2D eigenvalue weighted by molar-refractivity contribution is 7.70. The molecule has 8 heteroatoms. The zero-order chi connectivity index (χ0) is 12.6. The van der Waals surface area contributed by atoms with Gasteiger partial charge < -0.3 is 19.6 Å². The lowest BCUT2D eigenvalue weighted by molar-refractivity contribution is 0.340. The molecule has 1 rings (SSSR count). The first kappa shape index (κ1) is 13.6. The molecule has 90 valence electrons.